The van der Waals surface area contributed by atoms with Crippen molar-refractivity contribution >= 4 is 29.2 Å². The summed E-state index contributed by atoms with van der Waals surface area (Å²) < 4.78 is 0. The van der Waals surface area contributed by atoms with Crippen molar-refractivity contribution < 1.29 is 44.7 Å². The molecule has 0 spiro atoms. The van der Waals surface area contributed by atoms with Gasteiger partial charge in [-0.3, -0.25) is 19.3 Å². The van der Waals surface area contributed by atoms with E-state index in [1.54, 1.807) is 18.2 Å². The lowest BCUT2D eigenvalue weighted by atomic mass is 9.57. The third-order valence-corrected chi connectivity index (χ3v) is 8.44. The van der Waals surface area contributed by atoms with Gasteiger partial charge in [0.05, 0.1) is 17.2 Å². The second-order valence-electron chi connectivity index (χ2n) is 10.8. The van der Waals surface area contributed by atoms with Gasteiger partial charge in [-0.1, -0.05) is 12.1 Å². The molecule has 12 heteroatoms. The number of phenols is 1. The highest BCUT2D eigenvalue weighted by atomic mass is 16.4. The number of aliphatic hydroxyl groups excluding tert-OH is 2. The molecule has 4 atom stereocenters. The third-order valence-electron chi connectivity index (χ3n) is 8.44. The fourth-order valence-corrected chi connectivity index (χ4v) is 6.60. The number of likely N-dealkylation sites (N-methyl/N-ethyl adjacent to an activating group) is 1. The van der Waals surface area contributed by atoms with E-state index in [1.165, 1.54) is 31.1 Å². The zero-order valence-electron chi connectivity index (χ0n) is 22.2. The van der Waals surface area contributed by atoms with E-state index in [1.807, 2.05) is 0 Å². The highest BCUT2D eigenvalue weighted by Gasteiger charge is 2.64. The van der Waals surface area contributed by atoms with Crippen LogP contribution in [0.2, 0.25) is 0 Å². The van der Waals surface area contributed by atoms with Gasteiger partial charge >= 0.3 is 5.97 Å². The predicted octanol–water partition coefficient (Wildman–Crippen LogP) is 0.788. The van der Waals surface area contributed by atoms with E-state index >= 15 is 0 Å². The minimum atomic E-state index is -2.75. The zero-order chi connectivity index (χ0) is 30.1. The standard InChI is InChI=1S/C29H29N3O9/c1-32(2)21-17-9-13-7-16-15(11-4-3-5-12(6-11)28(39)40)8-14(10-30)22(33)19(16)23(34)18(13)25(36)29(17,41)26(37)20(24(21)35)27(31)38/h3-6,8,13,17,21,33-34,37,41H,7,9-10,30H2,1-2H3,(H2,31,38)(H,39,40)/t13-,17-,21-,29-/m0/s1. The van der Waals surface area contributed by atoms with Gasteiger partial charge in [-0.2, -0.15) is 0 Å². The number of rotatable bonds is 5. The normalized spacial score (nSPS) is 25.6. The minimum absolute atomic E-state index is 0.00912. The van der Waals surface area contributed by atoms with Crippen LogP contribution in [0.15, 0.2) is 47.2 Å². The molecule has 1 amide bonds. The maximum Gasteiger partial charge on any atom is 0.335 e. The topological polar surface area (TPSA) is 225 Å². The number of carbonyl (C=O) groups excluding carboxylic acids is 3. The second-order valence-corrected chi connectivity index (χ2v) is 10.8. The Morgan fingerprint density at radius 3 is 2.39 bits per heavy atom. The van der Waals surface area contributed by atoms with Crippen molar-refractivity contribution in [2.75, 3.05) is 14.1 Å². The van der Waals surface area contributed by atoms with Crippen LogP contribution < -0.4 is 11.5 Å². The molecule has 0 radical (unpaired) electrons. The highest BCUT2D eigenvalue weighted by Crippen LogP contribution is 2.54. The first kappa shape index (κ1) is 28.0. The van der Waals surface area contributed by atoms with E-state index in [9.17, 15) is 44.7 Å². The molecule has 0 unspecified atom stereocenters. The maximum atomic E-state index is 14.0. The number of Topliss-reactive ketones (excluding diaryl/α,β-unsaturated/α-hetero) is 2. The number of aromatic carboxylic acids is 1. The Morgan fingerprint density at radius 2 is 1.80 bits per heavy atom. The molecule has 214 valence electrons. The summed E-state index contributed by atoms with van der Waals surface area (Å²) in [5.41, 5.74) is 8.75. The van der Waals surface area contributed by atoms with Crippen LogP contribution in [-0.4, -0.2) is 79.6 Å². The van der Waals surface area contributed by atoms with E-state index in [4.69, 9.17) is 11.5 Å². The van der Waals surface area contributed by atoms with Gasteiger partial charge in [0.15, 0.2) is 11.4 Å². The van der Waals surface area contributed by atoms with Crippen LogP contribution >= 0.6 is 0 Å². The fourth-order valence-electron chi connectivity index (χ4n) is 6.60. The predicted molar refractivity (Wildman–Crippen MR) is 145 cm³/mol. The third kappa shape index (κ3) is 3.86. The van der Waals surface area contributed by atoms with Crippen LogP contribution in [0.25, 0.3) is 16.9 Å². The van der Waals surface area contributed by atoms with Gasteiger partial charge < -0.3 is 37.0 Å². The number of aliphatic hydroxyl groups is 3. The van der Waals surface area contributed by atoms with Crippen LogP contribution in [0.1, 0.15) is 33.5 Å². The number of nitrogens with two attached hydrogens (primary N) is 2. The Kier molecular flexibility index (Phi) is 6.52. The molecule has 3 aliphatic carbocycles. The molecule has 2 aromatic carbocycles. The Morgan fingerprint density at radius 1 is 1.12 bits per heavy atom. The Bertz CT molecular complexity index is 1620. The molecule has 3 aliphatic rings. The number of carboxylic acids is 1. The lowest BCUT2D eigenvalue weighted by Gasteiger charge is -2.50. The number of primary amides is 1. The Hall–Kier alpha value is -4.52. The summed E-state index contributed by atoms with van der Waals surface area (Å²) in [4.78, 5) is 52.5. The number of hydrogen-bond acceptors (Lipinski definition) is 10. The largest absolute Gasteiger partial charge is 0.508 e. The SMILES string of the molecule is CN(C)[C@@H]1C(=O)C(C(N)=O)=C(O)[C@@]2(O)C(=O)C3=C(O)c4c(O)c(CN)cc(-c5cccc(C(=O)O)c5)c4C[C@H]3C[C@@H]12. The van der Waals surface area contributed by atoms with Crippen molar-refractivity contribution in [2.45, 2.75) is 31.0 Å². The molecular weight excluding hydrogens is 534 g/mol. The van der Waals surface area contributed by atoms with Crippen LogP contribution in [0.4, 0.5) is 0 Å². The molecule has 1 fully saturated rings. The zero-order valence-corrected chi connectivity index (χ0v) is 22.2. The maximum absolute atomic E-state index is 14.0. The van der Waals surface area contributed by atoms with Gasteiger partial charge in [-0.05, 0) is 67.7 Å². The molecule has 0 saturated heterocycles. The Labute approximate surface area is 233 Å². The van der Waals surface area contributed by atoms with E-state index in [2.05, 4.69) is 0 Å². The number of ketones is 2. The van der Waals surface area contributed by atoms with Crippen molar-refractivity contribution in [2.24, 2.45) is 23.3 Å². The van der Waals surface area contributed by atoms with Gasteiger partial charge in [0.25, 0.3) is 5.91 Å². The highest BCUT2D eigenvalue weighted by molar-refractivity contribution is 6.24. The number of amides is 1. The van der Waals surface area contributed by atoms with Crippen LogP contribution in [0, 0.1) is 11.8 Å². The Balaban J connectivity index is 1.78. The molecule has 0 heterocycles. The van der Waals surface area contributed by atoms with Gasteiger partial charge in [0, 0.05) is 23.6 Å². The van der Waals surface area contributed by atoms with Crippen LogP contribution in [0.5, 0.6) is 5.75 Å². The van der Waals surface area contributed by atoms with E-state index in [-0.39, 0.29) is 41.6 Å². The number of carbonyl (C=O) groups is 4. The second kappa shape index (κ2) is 9.54. The average Bonchev–Trinajstić information content (AvgIpc) is 2.90. The van der Waals surface area contributed by atoms with Gasteiger partial charge in [-0.25, -0.2) is 4.79 Å². The lowest BCUT2D eigenvalue weighted by Crippen LogP contribution is -2.65. The molecule has 9 N–H and O–H groups in total. The molecular formula is C29H29N3O9. The van der Waals surface area contributed by atoms with Crippen molar-refractivity contribution in [3.63, 3.8) is 0 Å². The first-order chi connectivity index (χ1) is 19.2. The lowest BCUT2D eigenvalue weighted by molar-refractivity contribution is -0.153. The summed E-state index contributed by atoms with van der Waals surface area (Å²) in [6, 6.07) is 6.46. The number of fused-ring (bicyclic) bond motifs is 3. The molecule has 1 saturated carbocycles. The van der Waals surface area contributed by atoms with Crippen molar-refractivity contribution in [1.82, 2.24) is 4.90 Å². The smallest absolute Gasteiger partial charge is 0.335 e. The van der Waals surface area contributed by atoms with E-state index < -0.39 is 69.8 Å². The molecule has 0 aliphatic heterocycles. The summed E-state index contributed by atoms with van der Waals surface area (Å²) in [6.45, 7) is -0.158. The van der Waals surface area contributed by atoms with E-state index in [0.29, 0.717) is 16.7 Å². The number of nitrogens with zero attached hydrogens (tertiary/aromatic N) is 1. The molecule has 5 rings (SSSR count). The molecule has 41 heavy (non-hydrogen) atoms. The number of phenolic OH excluding ortho intramolecular Hbond substituents is 1. The van der Waals surface area contributed by atoms with E-state index in [0.717, 1.165) is 0 Å². The molecule has 12 nitrogen and oxygen atoms in total. The van der Waals surface area contributed by atoms with Crippen LogP contribution in [-0.2, 0) is 27.3 Å². The monoisotopic (exact) mass is 563 g/mol. The number of carboxylic acid groups (broad SMARTS) is 1. The summed E-state index contributed by atoms with van der Waals surface area (Å²) in [6.07, 6.45) is -0.0145. The van der Waals surface area contributed by atoms with Crippen molar-refractivity contribution in [3.05, 3.63) is 69.5 Å². The summed E-state index contributed by atoms with van der Waals surface area (Å²) in [5, 5.41) is 54.8. The molecule has 2 aromatic rings. The number of aromatic hydroxyl groups is 1. The number of hydrogen-bond donors (Lipinski definition) is 7. The fraction of sp³-hybridized carbons (Fsp3) is 0.310. The van der Waals surface area contributed by atoms with Gasteiger partial charge in [0.1, 0.15) is 22.8 Å². The summed E-state index contributed by atoms with van der Waals surface area (Å²) >= 11 is 0. The van der Waals surface area contributed by atoms with Gasteiger partial charge in [-0.15, -0.1) is 0 Å². The van der Waals surface area contributed by atoms with Crippen molar-refractivity contribution in [1.29, 1.82) is 0 Å². The molecule has 0 bridgehead atoms. The minimum Gasteiger partial charge on any atom is -0.508 e. The first-order valence-corrected chi connectivity index (χ1v) is 12.8. The first-order valence-electron chi connectivity index (χ1n) is 12.8. The number of benzene rings is 2. The molecule has 0 aromatic heterocycles. The quantitative estimate of drug-likeness (QED) is 0.252. The van der Waals surface area contributed by atoms with Gasteiger partial charge in [0.2, 0.25) is 5.78 Å². The summed E-state index contributed by atoms with van der Waals surface area (Å²) in [7, 11) is 3.04. The van der Waals surface area contributed by atoms with Crippen LogP contribution in [0.3, 0.4) is 0 Å². The summed E-state index contributed by atoms with van der Waals surface area (Å²) in [5.74, 6) is -8.62. The average molecular weight is 564 g/mol. The van der Waals surface area contributed by atoms with Crippen molar-refractivity contribution in [3.8, 4) is 16.9 Å².